The number of alkyl halides is 6. The predicted molar refractivity (Wildman–Crippen MR) is 129 cm³/mol. The summed E-state index contributed by atoms with van der Waals surface area (Å²) in [6, 6.07) is 8.98. The predicted octanol–water partition coefficient (Wildman–Crippen LogP) is 6.44. The van der Waals surface area contributed by atoms with E-state index in [9.17, 15) is 31.4 Å². The van der Waals surface area contributed by atoms with Crippen LogP contribution in [0.15, 0.2) is 60.2 Å². The number of rotatable bonds is 5. The molecule has 0 amide bonds. The normalized spacial score (nSPS) is 15.0. The molecule has 196 valence electrons. The number of anilines is 2. The Morgan fingerprint density at radius 3 is 2.22 bits per heavy atom. The smallest absolute Gasteiger partial charge is 0.395 e. The summed E-state index contributed by atoms with van der Waals surface area (Å²) in [6.45, 7) is 3.38. The van der Waals surface area contributed by atoms with Crippen molar-refractivity contribution >= 4 is 28.1 Å². The molecule has 1 aliphatic heterocycles. The lowest BCUT2D eigenvalue weighted by atomic mass is 9.93. The summed E-state index contributed by atoms with van der Waals surface area (Å²) in [4.78, 5) is 10.5. The number of fused-ring (bicyclic) bond motifs is 1. The summed E-state index contributed by atoms with van der Waals surface area (Å²) in [5.41, 5.74) is -1.57. The van der Waals surface area contributed by atoms with Gasteiger partial charge < -0.3 is 15.3 Å². The van der Waals surface area contributed by atoms with Crippen molar-refractivity contribution in [2.24, 2.45) is 0 Å². The Bertz CT molecular complexity index is 1370. The molecule has 3 aromatic rings. The molecule has 0 saturated carbocycles. The van der Waals surface area contributed by atoms with Gasteiger partial charge in [-0.25, -0.2) is 9.97 Å². The first-order chi connectivity index (χ1) is 17.2. The summed E-state index contributed by atoms with van der Waals surface area (Å²) in [5.74, 6) is 0.464. The maximum atomic E-state index is 13.8. The third-order valence-electron chi connectivity index (χ3n) is 6.05. The van der Waals surface area contributed by atoms with Gasteiger partial charge in [0, 0.05) is 35.6 Å². The monoisotopic (exact) mass is 522 g/mol. The van der Waals surface area contributed by atoms with Crippen molar-refractivity contribution in [1.29, 1.82) is 0 Å². The zero-order chi connectivity index (χ0) is 27.2. The van der Waals surface area contributed by atoms with Gasteiger partial charge in [-0.1, -0.05) is 32.1 Å². The van der Waals surface area contributed by atoms with Gasteiger partial charge in [-0.3, -0.25) is 0 Å². The van der Waals surface area contributed by atoms with Crippen LogP contribution in [0.25, 0.3) is 16.6 Å². The molecular weight excluding hydrogens is 498 g/mol. The van der Waals surface area contributed by atoms with E-state index in [2.05, 4.69) is 15.3 Å². The molecule has 0 saturated heterocycles. The number of allylic oxidation sites excluding steroid dienone is 2. The van der Waals surface area contributed by atoms with Gasteiger partial charge in [0.15, 0.2) is 0 Å². The minimum atomic E-state index is -4.57. The number of hydrogen-bond donors (Lipinski definition) is 2. The number of aliphatic hydroxyl groups excluding tert-OH is 1. The molecule has 1 aliphatic rings. The van der Waals surface area contributed by atoms with Crippen LogP contribution in [0.3, 0.4) is 0 Å². The Labute approximate surface area is 209 Å². The second-order valence-electron chi connectivity index (χ2n) is 9.41. The maximum absolute atomic E-state index is 13.8. The second-order valence-corrected chi connectivity index (χ2v) is 9.41. The average Bonchev–Trinajstić information content (AvgIpc) is 2.82. The molecule has 0 unspecified atom stereocenters. The molecule has 0 radical (unpaired) electrons. The number of aliphatic hydroxyl groups is 1. The fraction of sp³-hybridized carbons (Fsp3) is 0.308. The number of nitrogens with one attached hydrogen (secondary N) is 1. The Morgan fingerprint density at radius 1 is 0.946 bits per heavy atom. The van der Waals surface area contributed by atoms with E-state index in [-0.39, 0.29) is 23.9 Å². The van der Waals surface area contributed by atoms with E-state index in [1.807, 2.05) is 0 Å². The Kier molecular flexibility index (Phi) is 6.70. The van der Waals surface area contributed by atoms with Crippen LogP contribution in [0.1, 0.15) is 30.8 Å². The molecule has 4 rings (SSSR count). The topological polar surface area (TPSA) is 61.3 Å². The van der Waals surface area contributed by atoms with Gasteiger partial charge >= 0.3 is 12.4 Å². The van der Waals surface area contributed by atoms with E-state index in [0.717, 1.165) is 18.2 Å². The van der Waals surface area contributed by atoms with E-state index in [4.69, 9.17) is 0 Å². The van der Waals surface area contributed by atoms with E-state index in [1.165, 1.54) is 35.2 Å². The van der Waals surface area contributed by atoms with Crippen LogP contribution in [-0.2, 0) is 11.6 Å². The van der Waals surface area contributed by atoms with Crippen LogP contribution >= 0.6 is 0 Å². The number of halogens is 6. The Balaban J connectivity index is 1.87. The molecule has 2 heterocycles. The highest BCUT2D eigenvalue weighted by Crippen LogP contribution is 2.38. The molecule has 0 fully saturated rings. The zero-order valence-corrected chi connectivity index (χ0v) is 20.2. The third kappa shape index (κ3) is 5.41. The van der Waals surface area contributed by atoms with E-state index in [1.54, 1.807) is 27.0 Å². The fourth-order valence-electron chi connectivity index (χ4n) is 3.93. The van der Waals surface area contributed by atoms with Crippen LogP contribution in [0.5, 0.6) is 0 Å². The zero-order valence-electron chi connectivity index (χ0n) is 20.2. The van der Waals surface area contributed by atoms with Gasteiger partial charge in [0.1, 0.15) is 11.6 Å². The standard InChI is InChI=1S/C26H24F6N4O/c1-24(2,14-37)23-34-20-13-15(21-19(26(30,31)32)5-4-12-36(21)3)6-11-18(20)22(35-23)33-17-9-7-16(8-10-17)25(27,28)29/h4-11,13,37H,12,14H2,1-3H3,(H,33,34,35). The number of hydrogen-bond acceptors (Lipinski definition) is 5. The molecule has 0 bridgehead atoms. The summed E-state index contributed by atoms with van der Waals surface area (Å²) >= 11 is 0. The lowest BCUT2D eigenvalue weighted by Gasteiger charge is -2.29. The summed E-state index contributed by atoms with van der Waals surface area (Å²) in [6.07, 6.45) is -6.57. The molecule has 2 N–H and O–H groups in total. The van der Waals surface area contributed by atoms with Crippen molar-refractivity contribution in [2.45, 2.75) is 31.6 Å². The first-order valence-corrected chi connectivity index (χ1v) is 11.3. The lowest BCUT2D eigenvalue weighted by molar-refractivity contribution is -0.137. The van der Waals surface area contributed by atoms with Crippen molar-refractivity contribution in [3.8, 4) is 0 Å². The van der Waals surface area contributed by atoms with Crippen molar-refractivity contribution in [3.63, 3.8) is 0 Å². The van der Waals surface area contributed by atoms with Crippen molar-refractivity contribution < 1.29 is 31.4 Å². The molecular formula is C26H24F6N4O. The van der Waals surface area contributed by atoms with E-state index < -0.39 is 28.9 Å². The molecule has 2 aromatic carbocycles. The highest BCUT2D eigenvalue weighted by atomic mass is 19.4. The quantitative estimate of drug-likeness (QED) is 0.378. The van der Waals surface area contributed by atoms with Gasteiger partial charge in [0.2, 0.25) is 0 Å². The Hall–Kier alpha value is -3.60. The molecule has 1 aromatic heterocycles. The summed E-state index contributed by atoms with van der Waals surface area (Å²) in [7, 11) is 1.56. The number of nitrogens with zero attached hydrogens (tertiary/aromatic N) is 3. The van der Waals surface area contributed by atoms with Gasteiger partial charge in [-0.2, -0.15) is 26.3 Å². The first-order valence-electron chi connectivity index (χ1n) is 11.3. The first kappa shape index (κ1) is 26.5. The van der Waals surface area contributed by atoms with Crippen LogP contribution in [-0.4, -0.2) is 46.4 Å². The van der Waals surface area contributed by atoms with Crippen molar-refractivity contribution in [1.82, 2.24) is 14.9 Å². The lowest BCUT2D eigenvalue weighted by Crippen LogP contribution is -2.26. The summed E-state index contributed by atoms with van der Waals surface area (Å²) in [5, 5.41) is 13.3. The van der Waals surface area contributed by atoms with Gasteiger partial charge in [0.05, 0.1) is 29.0 Å². The SMILES string of the molecule is CN1CC=CC(C(F)(F)F)=C1c1ccc2c(Nc3ccc(C(F)(F)F)cc3)nc(C(C)(C)CO)nc2c1. The minimum Gasteiger partial charge on any atom is -0.395 e. The molecule has 11 heteroatoms. The fourth-order valence-corrected chi connectivity index (χ4v) is 3.93. The van der Waals surface area contributed by atoms with Gasteiger partial charge in [-0.05, 0) is 36.4 Å². The van der Waals surface area contributed by atoms with Crippen LogP contribution in [0.2, 0.25) is 0 Å². The van der Waals surface area contributed by atoms with E-state index in [0.29, 0.717) is 28.7 Å². The summed E-state index contributed by atoms with van der Waals surface area (Å²) < 4.78 is 80.2. The number of likely N-dealkylation sites (N-methyl/N-ethyl adjacent to an activating group) is 1. The van der Waals surface area contributed by atoms with Crippen molar-refractivity contribution in [3.05, 3.63) is 77.1 Å². The highest BCUT2D eigenvalue weighted by Gasteiger charge is 2.37. The largest absolute Gasteiger partial charge is 0.418 e. The molecule has 5 nitrogen and oxygen atoms in total. The second kappa shape index (κ2) is 9.37. The molecule has 0 atom stereocenters. The average molecular weight is 522 g/mol. The minimum absolute atomic E-state index is 0.00395. The van der Waals surface area contributed by atoms with Crippen LogP contribution in [0, 0.1) is 0 Å². The van der Waals surface area contributed by atoms with Crippen LogP contribution < -0.4 is 5.32 Å². The number of benzene rings is 2. The highest BCUT2D eigenvalue weighted by molar-refractivity contribution is 5.93. The Morgan fingerprint density at radius 2 is 1.62 bits per heavy atom. The maximum Gasteiger partial charge on any atom is 0.418 e. The van der Waals surface area contributed by atoms with Crippen molar-refractivity contribution in [2.75, 3.05) is 25.5 Å². The van der Waals surface area contributed by atoms with Crippen LogP contribution in [0.4, 0.5) is 37.8 Å². The molecule has 0 aliphatic carbocycles. The number of aromatic nitrogens is 2. The molecule has 37 heavy (non-hydrogen) atoms. The van der Waals surface area contributed by atoms with E-state index >= 15 is 0 Å². The van der Waals surface area contributed by atoms with Gasteiger partial charge in [-0.15, -0.1) is 0 Å². The van der Waals surface area contributed by atoms with Gasteiger partial charge in [0.25, 0.3) is 0 Å². The molecule has 0 spiro atoms. The third-order valence-corrected chi connectivity index (χ3v) is 6.05.